The molecule has 0 bridgehead atoms. The molecule has 2 fully saturated rings. The van der Waals surface area contributed by atoms with E-state index in [0.29, 0.717) is 38.5 Å². The predicted molar refractivity (Wildman–Crippen MR) is 97.0 cm³/mol. The Morgan fingerprint density at radius 3 is 2.46 bits per heavy atom. The standard InChI is InChI=1S/C19H25N3O4/c1-4-26-19(25)21-9-7-20(8-10-21)16-12-17(23)22(18(16)24)15-6-5-13(2)11-14(15)3/h5-6,11,16H,4,7-10,12H2,1-3H3/t16-/m1/s1. The van der Waals surface area contributed by atoms with Crippen molar-refractivity contribution in [2.24, 2.45) is 0 Å². The maximum absolute atomic E-state index is 12.9. The molecule has 0 N–H and O–H groups in total. The predicted octanol–water partition coefficient (Wildman–Crippen LogP) is 1.71. The highest BCUT2D eigenvalue weighted by Crippen LogP contribution is 2.29. The van der Waals surface area contributed by atoms with Crippen LogP contribution in [0.3, 0.4) is 0 Å². The summed E-state index contributed by atoms with van der Waals surface area (Å²) in [4.78, 5) is 42.2. The van der Waals surface area contributed by atoms with Crippen molar-refractivity contribution in [1.29, 1.82) is 0 Å². The Balaban J connectivity index is 1.69. The summed E-state index contributed by atoms with van der Waals surface area (Å²) in [5, 5.41) is 0. The number of nitrogens with zero attached hydrogens (tertiary/aromatic N) is 3. The minimum atomic E-state index is -0.451. The Hall–Kier alpha value is -2.41. The normalized spacial score (nSPS) is 21.4. The molecule has 0 saturated carbocycles. The van der Waals surface area contributed by atoms with Crippen molar-refractivity contribution in [2.45, 2.75) is 33.2 Å². The van der Waals surface area contributed by atoms with E-state index in [1.165, 1.54) is 4.90 Å². The molecule has 1 aromatic carbocycles. The molecule has 0 aliphatic carbocycles. The third kappa shape index (κ3) is 3.44. The molecule has 7 heteroatoms. The molecule has 26 heavy (non-hydrogen) atoms. The SMILES string of the molecule is CCOC(=O)N1CCN([C@@H]2CC(=O)N(c3ccc(C)cc3C)C2=O)CC1. The van der Waals surface area contributed by atoms with E-state index in [-0.39, 0.29) is 24.3 Å². The molecule has 3 amide bonds. The summed E-state index contributed by atoms with van der Waals surface area (Å²) in [5.41, 5.74) is 2.68. The summed E-state index contributed by atoms with van der Waals surface area (Å²) in [7, 11) is 0. The number of aryl methyl sites for hydroxylation is 2. The molecule has 0 aromatic heterocycles. The van der Waals surface area contributed by atoms with Gasteiger partial charge in [-0.3, -0.25) is 14.5 Å². The van der Waals surface area contributed by atoms with Crippen LogP contribution in [-0.2, 0) is 14.3 Å². The van der Waals surface area contributed by atoms with Crippen LogP contribution in [0.15, 0.2) is 18.2 Å². The van der Waals surface area contributed by atoms with Crippen LogP contribution in [0.5, 0.6) is 0 Å². The zero-order chi connectivity index (χ0) is 18.8. The van der Waals surface area contributed by atoms with Crippen LogP contribution < -0.4 is 4.90 Å². The van der Waals surface area contributed by atoms with Crippen molar-refractivity contribution in [1.82, 2.24) is 9.80 Å². The first-order valence-electron chi connectivity index (χ1n) is 9.02. The zero-order valence-corrected chi connectivity index (χ0v) is 15.5. The molecule has 3 rings (SSSR count). The lowest BCUT2D eigenvalue weighted by Gasteiger charge is -2.36. The molecule has 7 nitrogen and oxygen atoms in total. The third-order valence-electron chi connectivity index (χ3n) is 5.00. The molecule has 0 unspecified atom stereocenters. The number of piperazine rings is 1. The highest BCUT2D eigenvalue weighted by atomic mass is 16.6. The number of benzene rings is 1. The molecular formula is C19H25N3O4. The highest BCUT2D eigenvalue weighted by Gasteiger charge is 2.44. The maximum atomic E-state index is 12.9. The Morgan fingerprint density at radius 1 is 1.15 bits per heavy atom. The highest BCUT2D eigenvalue weighted by molar-refractivity contribution is 6.22. The molecule has 140 valence electrons. The lowest BCUT2D eigenvalue weighted by Crippen LogP contribution is -2.54. The molecule has 2 heterocycles. The van der Waals surface area contributed by atoms with Crippen molar-refractivity contribution in [2.75, 3.05) is 37.7 Å². The van der Waals surface area contributed by atoms with E-state index in [1.54, 1.807) is 11.8 Å². The first kappa shape index (κ1) is 18.4. The van der Waals surface area contributed by atoms with Gasteiger partial charge in [-0.1, -0.05) is 17.7 Å². The summed E-state index contributed by atoms with van der Waals surface area (Å²) in [6.07, 6.45) is -0.135. The zero-order valence-electron chi connectivity index (χ0n) is 15.5. The van der Waals surface area contributed by atoms with Crippen LogP contribution in [0.25, 0.3) is 0 Å². The molecule has 0 radical (unpaired) electrons. The quantitative estimate of drug-likeness (QED) is 0.769. The molecule has 2 saturated heterocycles. The fourth-order valence-corrected chi connectivity index (χ4v) is 3.64. The molecule has 0 spiro atoms. The third-order valence-corrected chi connectivity index (χ3v) is 5.00. The van der Waals surface area contributed by atoms with Crippen LogP contribution in [0.4, 0.5) is 10.5 Å². The van der Waals surface area contributed by atoms with Crippen LogP contribution in [0, 0.1) is 13.8 Å². The second-order valence-electron chi connectivity index (χ2n) is 6.80. The second kappa shape index (κ2) is 7.45. The Kier molecular flexibility index (Phi) is 5.27. The minimum Gasteiger partial charge on any atom is -0.450 e. The van der Waals surface area contributed by atoms with E-state index in [2.05, 4.69) is 0 Å². The number of carbonyl (C=O) groups excluding carboxylic acids is 3. The number of carbonyl (C=O) groups is 3. The van der Waals surface area contributed by atoms with Gasteiger partial charge in [0.15, 0.2) is 0 Å². The Morgan fingerprint density at radius 2 is 1.85 bits per heavy atom. The topological polar surface area (TPSA) is 70.2 Å². The van der Waals surface area contributed by atoms with Gasteiger partial charge in [0.25, 0.3) is 5.91 Å². The van der Waals surface area contributed by atoms with Gasteiger partial charge in [0.05, 0.1) is 24.8 Å². The fourth-order valence-electron chi connectivity index (χ4n) is 3.64. The Bertz CT molecular complexity index is 725. The molecule has 2 aliphatic heterocycles. The van der Waals surface area contributed by atoms with Crippen LogP contribution in [0.1, 0.15) is 24.5 Å². The summed E-state index contributed by atoms with van der Waals surface area (Å²) >= 11 is 0. The van der Waals surface area contributed by atoms with E-state index < -0.39 is 6.04 Å². The smallest absolute Gasteiger partial charge is 0.409 e. The lowest BCUT2D eigenvalue weighted by molar-refractivity contribution is -0.123. The van der Waals surface area contributed by atoms with Gasteiger partial charge in [-0.05, 0) is 32.4 Å². The van der Waals surface area contributed by atoms with Gasteiger partial charge in [0, 0.05) is 26.2 Å². The number of hydrogen-bond acceptors (Lipinski definition) is 5. The van der Waals surface area contributed by atoms with Crippen molar-refractivity contribution in [3.05, 3.63) is 29.3 Å². The van der Waals surface area contributed by atoms with Crippen LogP contribution in [0.2, 0.25) is 0 Å². The average Bonchev–Trinajstić information content (AvgIpc) is 2.90. The van der Waals surface area contributed by atoms with Crippen LogP contribution in [-0.4, -0.2) is 66.5 Å². The lowest BCUT2D eigenvalue weighted by atomic mass is 10.1. The number of ether oxygens (including phenoxy) is 1. The first-order chi connectivity index (χ1) is 12.4. The van der Waals surface area contributed by atoms with Gasteiger partial charge < -0.3 is 9.64 Å². The second-order valence-corrected chi connectivity index (χ2v) is 6.80. The summed E-state index contributed by atoms with van der Waals surface area (Å²) in [6.45, 7) is 8.13. The summed E-state index contributed by atoms with van der Waals surface area (Å²) in [6, 6.07) is 5.27. The average molecular weight is 359 g/mol. The van der Waals surface area contributed by atoms with Gasteiger partial charge in [-0.25, -0.2) is 9.69 Å². The van der Waals surface area contributed by atoms with Crippen molar-refractivity contribution in [3.63, 3.8) is 0 Å². The van der Waals surface area contributed by atoms with Crippen molar-refractivity contribution < 1.29 is 19.1 Å². The van der Waals surface area contributed by atoms with Crippen molar-refractivity contribution in [3.8, 4) is 0 Å². The largest absolute Gasteiger partial charge is 0.450 e. The van der Waals surface area contributed by atoms with Crippen molar-refractivity contribution >= 4 is 23.6 Å². The van der Waals surface area contributed by atoms with E-state index in [1.807, 2.05) is 36.9 Å². The monoisotopic (exact) mass is 359 g/mol. The molecule has 2 aliphatic rings. The summed E-state index contributed by atoms with van der Waals surface area (Å²) in [5.74, 6) is -0.341. The number of anilines is 1. The van der Waals surface area contributed by atoms with E-state index in [4.69, 9.17) is 4.74 Å². The van der Waals surface area contributed by atoms with Gasteiger partial charge in [-0.2, -0.15) is 0 Å². The molecule has 1 aromatic rings. The molecule has 1 atom stereocenters. The van der Waals surface area contributed by atoms with Crippen LogP contribution >= 0.6 is 0 Å². The number of rotatable bonds is 3. The Labute approximate surface area is 153 Å². The van der Waals surface area contributed by atoms with Gasteiger partial charge >= 0.3 is 6.09 Å². The minimum absolute atomic E-state index is 0.167. The molecular weight excluding hydrogens is 334 g/mol. The number of imide groups is 1. The van der Waals surface area contributed by atoms with Gasteiger partial charge in [0.2, 0.25) is 5.91 Å². The first-order valence-corrected chi connectivity index (χ1v) is 9.02. The number of amides is 3. The summed E-state index contributed by atoms with van der Waals surface area (Å²) < 4.78 is 5.02. The van der Waals surface area contributed by atoms with E-state index in [0.717, 1.165) is 11.1 Å². The van der Waals surface area contributed by atoms with E-state index >= 15 is 0 Å². The number of hydrogen-bond donors (Lipinski definition) is 0. The van der Waals surface area contributed by atoms with E-state index in [9.17, 15) is 14.4 Å². The van der Waals surface area contributed by atoms with Gasteiger partial charge in [-0.15, -0.1) is 0 Å². The fraction of sp³-hybridized carbons (Fsp3) is 0.526. The van der Waals surface area contributed by atoms with Gasteiger partial charge in [0.1, 0.15) is 0 Å². The maximum Gasteiger partial charge on any atom is 0.409 e.